The number of nitrogens with zero attached hydrogens (tertiary/aromatic N) is 1. The van der Waals surface area contributed by atoms with Gasteiger partial charge < -0.3 is 39.7 Å². The number of benzene rings is 3. The molecule has 1 aromatic heterocycles. The van der Waals surface area contributed by atoms with E-state index in [1.807, 2.05) is 0 Å². The first kappa shape index (κ1) is 29.7. The standard InChI is InChI=1S/C34H35NO10S.Li/c36-21-8-4-20(5-9-21)32-26(27(37)19-6-10-22(11-7-19)43-17-16-35-14-2-1-3-15-35)24-13-12-23(18-25(24)46-32)44-34-30(40)28(38)29(39)31(45-34)33(41)42;/h4-13,18,28-31,34,36,38-40H,1-3,14-17H2,(H,41,42);/t28-,29-,30+,31-,34+;/m0./s1/i16D2,17D2;. The Morgan fingerprint density at radius 3 is 2.28 bits per heavy atom. The number of phenolic OH excluding ortho intramolecular Hbond substituents is 1. The maximum Gasteiger partial charge on any atom is 0.335 e. The van der Waals surface area contributed by atoms with Crippen molar-refractivity contribution in [2.24, 2.45) is 0 Å². The van der Waals surface area contributed by atoms with E-state index in [2.05, 4.69) is 0 Å². The Kier molecular flexibility index (Phi) is 9.59. The Labute approximate surface area is 292 Å². The minimum atomic E-state index is -2.68. The van der Waals surface area contributed by atoms with Crippen molar-refractivity contribution in [1.82, 2.24) is 4.90 Å². The van der Waals surface area contributed by atoms with Crippen LogP contribution in [0, 0.1) is 0 Å². The molecule has 0 aliphatic carbocycles. The van der Waals surface area contributed by atoms with Crippen LogP contribution in [0.25, 0.3) is 20.5 Å². The first-order chi connectivity index (χ1) is 23.7. The second-order valence-corrected chi connectivity index (χ2v) is 12.1. The van der Waals surface area contributed by atoms with Gasteiger partial charge >= 0.3 is 5.97 Å². The van der Waals surface area contributed by atoms with E-state index in [4.69, 9.17) is 19.7 Å². The largest absolute Gasteiger partial charge is 0.508 e. The molecular weight excluding hydrogens is 621 g/mol. The molecule has 0 bridgehead atoms. The summed E-state index contributed by atoms with van der Waals surface area (Å²) in [6.07, 6.45) is -6.48. The van der Waals surface area contributed by atoms with Gasteiger partial charge in [0.1, 0.15) is 42.1 Å². The number of carboxylic acid groups (broad SMARTS) is 1. The van der Waals surface area contributed by atoms with Crippen LogP contribution in [0.5, 0.6) is 17.2 Å². The van der Waals surface area contributed by atoms with Crippen molar-refractivity contribution < 1.29 is 54.8 Å². The fraction of sp³-hybridized carbons (Fsp3) is 0.353. The molecule has 2 saturated heterocycles. The first-order valence-corrected chi connectivity index (χ1v) is 15.5. The topological polar surface area (TPSA) is 166 Å². The van der Waals surface area contributed by atoms with Crippen LogP contribution in [0.2, 0.25) is 0 Å². The number of aliphatic carboxylic acids is 1. The van der Waals surface area contributed by atoms with Crippen molar-refractivity contribution in [1.29, 1.82) is 0 Å². The molecule has 0 saturated carbocycles. The summed E-state index contributed by atoms with van der Waals surface area (Å²) in [6.45, 7) is -4.23. The molecule has 47 heavy (non-hydrogen) atoms. The van der Waals surface area contributed by atoms with Crippen molar-refractivity contribution in [3.63, 3.8) is 0 Å². The SMILES string of the molecule is [2H]C([2H])(Oc1ccc(C(=O)c2c(-c3ccc(O)cc3)sc3cc(O[C@@H]4O[C@H](C(=O)O)[C@@H](O)[C@H](O)[C@H]4O)ccc23)cc1)C([2H])([2H])N1CCCCC1.[Li]. The number of hydrogen-bond acceptors (Lipinski definition) is 11. The van der Waals surface area contributed by atoms with Gasteiger partial charge in [-0.1, -0.05) is 6.42 Å². The maximum atomic E-state index is 14.1. The van der Waals surface area contributed by atoms with Crippen molar-refractivity contribution in [2.45, 2.75) is 50.0 Å². The number of carbonyl (C=O) groups is 2. The van der Waals surface area contributed by atoms with Gasteiger partial charge in [-0.15, -0.1) is 11.3 Å². The number of carboxylic acids is 1. The van der Waals surface area contributed by atoms with Gasteiger partial charge in [-0.3, -0.25) is 9.69 Å². The van der Waals surface area contributed by atoms with Gasteiger partial charge in [-0.05, 0) is 98.2 Å². The summed E-state index contributed by atoms with van der Waals surface area (Å²) >= 11 is 1.23. The van der Waals surface area contributed by atoms with Crippen LogP contribution < -0.4 is 9.47 Å². The molecule has 2 aliphatic rings. The number of thiophene rings is 1. The van der Waals surface area contributed by atoms with E-state index in [9.17, 15) is 35.1 Å². The molecule has 11 nitrogen and oxygen atoms in total. The predicted molar refractivity (Wildman–Crippen MR) is 175 cm³/mol. The average Bonchev–Trinajstić information content (AvgIpc) is 3.47. The monoisotopic (exact) mass is 660 g/mol. The molecule has 2 aliphatic heterocycles. The van der Waals surface area contributed by atoms with Gasteiger partial charge in [-0.25, -0.2) is 4.79 Å². The minimum absolute atomic E-state index is 0. The Balaban J connectivity index is 0.00000504. The van der Waals surface area contributed by atoms with Crippen LogP contribution in [0.1, 0.15) is 40.7 Å². The van der Waals surface area contributed by atoms with E-state index < -0.39 is 55.5 Å². The van der Waals surface area contributed by atoms with Gasteiger partial charge in [0, 0.05) is 54.2 Å². The number of phenols is 1. The van der Waals surface area contributed by atoms with Crippen molar-refractivity contribution >= 4 is 52.0 Å². The smallest absolute Gasteiger partial charge is 0.335 e. The molecule has 3 heterocycles. The van der Waals surface area contributed by atoms with Crippen LogP contribution in [0.4, 0.5) is 0 Å². The zero-order valence-electron chi connectivity index (χ0n) is 29.4. The molecule has 5 N–H and O–H groups in total. The van der Waals surface area contributed by atoms with Crippen LogP contribution in [-0.4, -0.2) is 118 Å². The normalized spacial score (nSPS) is 25.0. The van der Waals surface area contributed by atoms with Gasteiger partial charge in [0.15, 0.2) is 11.9 Å². The molecule has 0 amide bonds. The molecule has 243 valence electrons. The summed E-state index contributed by atoms with van der Waals surface area (Å²) in [4.78, 5) is 27.7. The number of aliphatic hydroxyl groups is 3. The van der Waals surface area contributed by atoms with Gasteiger partial charge in [-0.2, -0.15) is 0 Å². The third-order valence-electron chi connectivity index (χ3n) is 7.93. The number of rotatable bonds is 10. The number of piperidine rings is 1. The average molecular weight is 661 g/mol. The molecule has 2 fully saturated rings. The summed E-state index contributed by atoms with van der Waals surface area (Å²) in [7, 11) is 0. The van der Waals surface area contributed by atoms with E-state index in [1.165, 1.54) is 58.7 Å². The molecule has 0 spiro atoms. The summed E-state index contributed by atoms with van der Waals surface area (Å²) in [5.74, 6) is -1.76. The molecule has 5 atom stereocenters. The summed E-state index contributed by atoms with van der Waals surface area (Å²) in [5, 5.41) is 50.4. The number of aromatic hydroxyl groups is 1. The van der Waals surface area contributed by atoms with E-state index in [1.54, 1.807) is 24.3 Å². The Hall–Kier alpha value is -3.44. The number of aliphatic hydroxyl groups excluding tert-OH is 3. The van der Waals surface area contributed by atoms with Crippen molar-refractivity contribution in [2.75, 3.05) is 26.1 Å². The minimum Gasteiger partial charge on any atom is -0.508 e. The number of carbonyl (C=O) groups excluding carboxylic acids is 1. The fourth-order valence-electron chi connectivity index (χ4n) is 5.45. The third kappa shape index (κ3) is 7.67. The van der Waals surface area contributed by atoms with E-state index >= 15 is 0 Å². The number of fused-ring (bicyclic) bond motifs is 1. The molecule has 13 heteroatoms. The zero-order chi connectivity index (χ0) is 36.0. The quantitative estimate of drug-likeness (QED) is 0.125. The predicted octanol–water partition coefficient (Wildman–Crippen LogP) is 3.26. The van der Waals surface area contributed by atoms with Crippen molar-refractivity contribution in [3.8, 4) is 27.7 Å². The molecule has 4 aromatic rings. The molecule has 1 radical (unpaired) electrons. The number of hydrogen-bond donors (Lipinski definition) is 5. The zero-order valence-corrected chi connectivity index (χ0v) is 26.2. The summed E-state index contributed by atoms with van der Waals surface area (Å²) in [6, 6.07) is 16.6. The molecule has 0 unspecified atom stereocenters. The van der Waals surface area contributed by atoms with Gasteiger partial charge in [0.25, 0.3) is 0 Å². The molecular formula is C34H35LiNO10S. The van der Waals surface area contributed by atoms with Crippen LogP contribution in [0.15, 0.2) is 66.7 Å². The Morgan fingerprint density at radius 1 is 0.915 bits per heavy atom. The van der Waals surface area contributed by atoms with Crippen LogP contribution >= 0.6 is 11.3 Å². The molecule has 3 aromatic carbocycles. The van der Waals surface area contributed by atoms with Crippen LogP contribution in [-0.2, 0) is 9.53 Å². The molecule has 6 rings (SSSR count). The second kappa shape index (κ2) is 15.2. The van der Waals surface area contributed by atoms with E-state index in [0.717, 1.165) is 19.3 Å². The summed E-state index contributed by atoms with van der Waals surface area (Å²) < 4.78 is 50.8. The van der Waals surface area contributed by atoms with E-state index in [0.29, 0.717) is 39.2 Å². The van der Waals surface area contributed by atoms with E-state index in [-0.39, 0.29) is 41.7 Å². The number of likely N-dealkylation sites (tertiary alicyclic amines) is 1. The fourth-order valence-corrected chi connectivity index (χ4v) is 6.68. The number of ether oxygens (including phenoxy) is 3. The van der Waals surface area contributed by atoms with Crippen LogP contribution in [0.3, 0.4) is 0 Å². The van der Waals surface area contributed by atoms with Crippen molar-refractivity contribution in [3.05, 3.63) is 77.9 Å². The maximum absolute atomic E-state index is 14.1. The third-order valence-corrected chi connectivity index (χ3v) is 9.13. The van der Waals surface area contributed by atoms with Gasteiger partial charge in [0.2, 0.25) is 6.29 Å². The Morgan fingerprint density at radius 2 is 1.60 bits per heavy atom. The first-order valence-electron chi connectivity index (χ1n) is 16.7. The number of ketones is 1. The van der Waals surface area contributed by atoms with Gasteiger partial charge in [0.05, 0.1) is 2.74 Å². The second-order valence-electron chi connectivity index (χ2n) is 11.1. The Bertz CT molecular complexity index is 1870. The summed E-state index contributed by atoms with van der Waals surface area (Å²) in [5.41, 5.74) is 1.17.